The van der Waals surface area contributed by atoms with Gasteiger partial charge in [0.1, 0.15) is 11.8 Å². The Morgan fingerprint density at radius 3 is 2.96 bits per heavy atom. The third-order valence-electron chi connectivity index (χ3n) is 4.79. The Bertz CT molecular complexity index is 1020. The molecule has 1 saturated heterocycles. The van der Waals surface area contributed by atoms with Gasteiger partial charge in [-0.1, -0.05) is 18.2 Å². The minimum absolute atomic E-state index is 0.272. The van der Waals surface area contributed by atoms with Gasteiger partial charge in [-0.2, -0.15) is 0 Å². The van der Waals surface area contributed by atoms with Crippen LogP contribution in [0, 0.1) is 0 Å². The zero-order valence-corrected chi connectivity index (χ0v) is 13.3. The van der Waals surface area contributed by atoms with Gasteiger partial charge < -0.3 is 15.0 Å². The molecule has 5 rings (SSSR count). The van der Waals surface area contributed by atoms with Gasteiger partial charge in [-0.25, -0.2) is 9.69 Å². The molecular formula is C19H15N3O3. The maximum absolute atomic E-state index is 13.0. The molecule has 3 aromatic rings. The lowest BCUT2D eigenvalue weighted by Crippen LogP contribution is -2.30. The molecule has 3 heterocycles. The molecule has 2 aromatic carbocycles. The van der Waals surface area contributed by atoms with E-state index in [1.54, 1.807) is 12.3 Å². The monoisotopic (exact) mass is 333 g/mol. The van der Waals surface area contributed by atoms with E-state index in [2.05, 4.69) is 10.3 Å². The van der Waals surface area contributed by atoms with Crippen molar-refractivity contribution < 1.29 is 14.3 Å². The number of urea groups is 1. The first-order valence-electron chi connectivity index (χ1n) is 8.18. The quantitative estimate of drug-likeness (QED) is 0.708. The van der Waals surface area contributed by atoms with E-state index < -0.39 is 12.1 Å². The highest BCUT2D eigenvalue weighted by Gasteiger charge is 2.41. The maximum atomic E-state index is 13.0. The second-order valence-electron chi connectivity index (χ2n) is 6.24. The first-order valence-corrected chi connectivity index (χ1v) is 8.18. The summed E-state index contributed by atoms with van der Waals surface area (Å²) in [4.78, 5) is 29.8. The molecule has 2 aliphatic rings. The van der Waals surface area contributed by atoms with Crippen LogP contribution >= 0.6 is 0 Å². The van der Waals surface area contributed by atoms with Crippen molar-refractivity contribution in [3.63, 3.8) is 0 Å². The van der Waals surface area contributed by atoms with E-state index in [4.69, 9.17) is 4.74 Å². The number of nitrogens with one attached hydrogen (secondary N) is 2. The van der Waals surface area contributed by atoms with Crippen molar-refractivity contribution in [1.82, 2.24) is 10.3 Å². The highest BCUT2D eigenvalue weighted by atomic mass is 16.5. The van der Waals surface area contributed by atoms with Crippen molar-refractivity contribution in [2.45, 2.75) is 12.5 Å². The number of hydrogen-bond acceptors (Lipinski definition) is 3. The lowest BCUT2D eigenvalue weighted by Gasteiger charge is -2.14. The van der Waals surface area contributed by atoms with Crippen LogP contribution < -0.4 is 15.0 Å². The number of fused-ring (bicyclic) bond motifs is 2. The predicted molar refractivity (Wildman–Crippen MR) is 92.7 cm³/mol. The number of aromatic nitrogens is 1. The molecule has 3 amide bonds. The number of anilines is 1. The van der Waals surface area contributed by atoms with E-state index in [9.17, 15) is 9.59 Å². The predicted octanol–water partition coefficient (Wildman–Crippen LogP) is 2.90. The Labute approximate surface area is 143 Å². The number of H-pyrrole nitrogens is 1. The average molecular weight is 333 g/mol. The number of imide groups is 1. The summed E-state index contributed by atoms with van der Waals surface area (Å²) in [5, 5.41) is 3.75. The van der Waals surface area contributed by atoms with Crippen LogP contribution in [-0.4, -0.2) is 23.5 Å². The molecule has 0 bridgehead atoms. The minimum Gasteiger partial charge on any atom is -0.493 e. The van der Waals surface area contributed by atoms with Gasteiger partial charge in [-0.3, -0.25) is 4.79 Å². The molecule has 1 atom stereocenters. The van der Waals surface area contributed by atoms with Crippen molar-refractivity contribution >= 4 is 28.5 Å². The van der Waals surface area contributed by atoms with Crippen molar-refractivity contribution in [3.05, 3.63) is 59.8 Å². The van der Waals surface area contributed by atoms with Crippen LogP contribution in [0.25, 0.3) is 10.9 Å². The Balaban J connectivity index is 1.55. The van der Waals surface area contributed by atoms with Gasteiger partial charge >= 0.3 is 6.03 Å². The van der Waals surface area contributed by atoms with E-state index in [0.717, 1.165) is 34.2 Å². The van der Waals surface area contributed by atoms with Crippen LogP contribution in [0.15, 0.2) is 48.7 Å². The van der Waals surface area contributed by atoms with E-state index >= 15 is 0 Å². The van der Waals surface area contributed by atoms with Gasteiger partial charge in [0.25, 0.3) is 5.91 Å². The van der Waals surface area contributed by atoms with E-state index in [0.29, 0.717) is 12.3 Å². The van der Waals surface area contributed by atoms with Gasteiger partial charge in [0.15, 0.2) is 0 Å². The zero-order chi connectivity index (χ0) is 17.0. The number of nitrogens with zero attached hydrogens (tertiary/aromatic N) is 1. The summed E-state index contributed by atoms with van der Waals surface area (Å²) in [5.74, 6) is 0.583. The highest BCUT2D eigenvalue weighted by Crippen LogP contribution is 2.34. The van der Waals surface area contributed by atoms with Crippen LogP contribution in [0.1, 0.15) is 17.2 Å². The molecule has 2 aliphatic heterocycles. The number of rotatable bonds is 2. The van der Waals surface area contributed by atoms with Crippen molar-refractivity contribution in [3.8, 4) is 5.75 Å². The highest BCUT2D eigenvalue weighted by molar-refractivity contribution is 6.24. The molecule has 2 N–H and O–H groups in total. The van der Waals surface area contributed by atoms with Crippen LogP contribution in [0.2, 0.25) is 0 Å². The zero-order valence-electron chi connectivity index (χ0n) is 13.3. The Morgan fingerprint density at radius 2 is 2.04 bits per heavy atom. The normalized spacial score (nSPS) is 19.2. The van der Waals surface area contributed by atoms with Gasteiger partial charge in [0.05, 0.1) is 17.8 Å². The lowest BCUT2D eigenvalue weighted by atomic mass is 10.0. The second-order valence-corrected chi connectivity index (χ2v) is 6.24. The molecule has 0 saturated carbocycles. The van der Waals surface area contributed by atoms with E-state index in [-0.39, 0.29) is 5.91 Å². The Hall–Kier alpha value is -3.28. The van der Waals surface area contributed by atoms with Crippen LogP contribution in [0.3, 0.4) is 0 Å². The molecule has 0 radical (unpaired) electrons. The Morgan fingerprint density at radius 1 is 1.12 bits per heavy atom. The largest absolute Gasteiger partial charge is 0.493 e. The average Bonchev–Trinajstić information content (AvgIpc) is 3.32. The number of ether oxygens (including phenoxy) is 1. The van der Waals surface area contributed by atoms with Crippen LogP contribution in [-0.2, 0) is 11.2 Å². The summed E-state index contributed by atoms with van der Waals surface area (Å²) in [6, 6.07) is 12.0. The number of amides is 3. The molecule has 1 unspecified atom stereocenters. The molecular weight excluding hydrogens is 318 g/mol. The number of benzene rings is 2. The Kier molecular flexibility index (Phi) is 2.88. The fraction of sp³-hybridized carbons (Fsp3) is 0.158. The number of aromatic amines is 1. The van der Waals surface area contributed by atoms with Crippen molar-refractivity contribution in [2.24, 2.45) is 0 Å². The first-order chi connectivity index (χ1) is 12.2. The third kappa shape index (κ3) is 2.04. The summed E-state index contributed by atoms with van der Waals surface area (Å²) < 4.78 is 5.51. The summed E-state index contributed by atoms with van der Waals surface area (Å²) >= 11 is 0. The topological polar surface area (TPSA) is 74.4 Å². The number of para-hydroxylation sites is 1. The number of carbonyl (C=O) groups is 2. The molecule has 6 heteroatoms. The first kappa shape index (κ1) is 14.1. The van der Waals surface area contributed by atoms with Gasteiger partial charge in [-0.05, 0) is 35.4 Å². The summed E-state index contributed by atoms with van der Waals surface area (Å²) in [6.45, 7) is 0.657. The van der Waals surface area contributed by atoms with Crippen molar-refractivity contribution in [1.29, 1.82) is 0 Å². The SMILES string of the molecule is O=C1NC(c2ccc3c(c2)CCO3)C(=O)N1c1cccc2cc[nH]c12. The van der Waals surface area contributed by atoms with Gasteiger partial charge in [0.2, 0.25) is 0 Å². The standard InChI is InChI=1S/C19H15N3O3/c23-18-17(13-4-5-15-12(10-13)7-9-25-15)21-19(24)22(18)14-3-1-2-11-6-8-20-16(11)14/h1-6,8,10,17,20H,7,9H2,(H,21,24). The summed E-state index contributed by atoms with van der Waals surface area (Å²) in [5.41, 5.74) is 3.19. The molecule has 0 aliphatic carbocycles. The second kappa shape index (κ2) is 5.11. The molecule has 124 valence electrons. The molecule has 0 spiro atoms. The smallest absolute Gasteiger partial charge is 0.329 e. The third-order valence-corrected chi connectivity index (χ3v) is 4.79. The maximum Gasteiger partial charge on any atom is 0.329 e. The lowest BCUT2D eigenvalue weighted by molar-refractivity contribution is -0.118. The fourth-order valence-electron chi connectivity index (χ4n) is 3.57. The van der Waals surface area contributed by atoms with Crippen LogP contribution in [0.5, 0.6) is 5.75 Å². The van der Waals surface area contributed by atoms with E-state index in [1.165, 1.54) is 4.90 Å². The molecule has 1 fully saturated rings. The summed E-state index contributed by atoms with van der Waals surface area (Å²) in [7, 11) is 0. The van der Waals surface area contributed by atoms with Gasteiger partial charge in [0, 0.05) is 18.0 Å². The van der Waals surface area contributed by atoms with Gasteiger partial charge in [-0.15, -0.1) is 0 Å². The minimum atomic E-state index is -0.677. The number of carbonyl (C=O) groups excluding carboxylic acids is 2. The fourth-order valence-corrected chi connectivity index (χ4v) is 3.57. The molecule has 25 heavy (non-hydrogen) atoms. The van der Waals surface area contributed by atoms with Crippen molar-refractivity contribution in [2.75, 3.05) is 11.5 Å². The number of hydrogen-bond donors (Lipinski definition) is 2. The molecule has 6 nitrogen and oxygen atoms in total. The van der Waals surface area contributed by atoms with Crippen LogP contribution in [0.4, 0.5) is 10.5 Å². The van der Waals surface area contributed by atoms with E-state index in [1.807, 2.05) is 36.4 Å². The summed E-state index contributed by atoms with van der Waals surface area (Å²) in [6.07, 6.45) is 2.62. The molecule has 1 aromatic heterocycles.